The van der Waals surface area contributed by atoms with Crippen LogP contribution >= 0.6 is 24.8 Å². The van der Waals surface area contributed by atoms with E-state index in [2.05, 4.69) is 17.0 Å². The number of hydrogen-bond acceptors (Lipinski definition) is 2. The van der Waals surface area contributed by atoms with Crippen LogP contribution in [0.1, 0.15) is 19.3 Å². The summed E-state index contributed by atoms with van der Waals surface area (Å²) in [6.45, 7) is 2.07. The van der Waals surface area contributed by atoms with Crippen LogP contribution in [0, 0.1) is 0 Å². The molecule has 1 fully saturated rings. The van der Waals surface area contributed by atoms with Gasteiger partial charge in [0, 0.05) is 18.8 Å². The number of benzene rings is 1. The molecule has 2 aromatic rings. The summed E-state index contributed by atoms with van der Waals surface area (Å²) in [4.78, 5) is 14.4. The Morgan fingerprint density at radius 1 is 1.23 bits per heavy atom. The molecule has 122 valence electrons. The Labute approximate surface area is 143 Å². The monoisotopic (exact) mass is 343 g/mol. The maximum atomic E-state index is 12.0. The Hall–Kier alpha value is -1.23. The van der Waals surface area contributed by atoms with E-state index in [0.29, 0.717) is 6.04 Å². The maximum Gasteiger partial charge on any atom is 0.271 e. The van der Waals surface area contributed by atoms with Crippen molar-refractivity contribution in [2.45, 2.75) is 31.8 Å². The SMILES string of the molecule is CN1CCCC1CCn1cc(-c2ccccc2)c(=O)[nH]1.Cl.Cl. The summed E-state index contributed by atoms with van der Waals surface area (Å²) in [7, 11) is 2.19. The molecule has 1 atom stereocenters. The van der Waals surface area contributed by atoms with Gasteiger partial charge in [-0.3, -0.25) is 14.6 Å². The predicted molar refractivity (Wildman–Crippen MR) is 95.3 cm³/mol. The summed E-state index contributed by atoms with van der Waals surface area (Å²) in [6, 6.07) is 10.5. The van der Waals surface area contributed by atoms with Gasteiger partial charge < -0.3 is 4.90 Å². The summed E-state index contributed by atoms with van der Waals surface area (Å²) in [6.07, 6.45) is 5.59. The lowest BCUT2D eigenvalue weighted by Crippen LogP contribution is -2.26. The van der Waals surface area contributed by atoms with Crippen LogP contribution in [0.5, 0.6) is 0 Å². The van der Waals surface area contributed by atoms with Crippen molar-refractivity contribution >= 4 is 24.8 Å². The second-order valence-corrected chi connectivity index (χ2v) is 5.61. The lowest BCUT2D eigenvalue weighted by Gasteiger charge is -2.19. The molecule has 6 heteroatoms. The van der Waals surface area contributed by atoms with Gasteiger partial charge in [0.25, 0.3) is 5.56 Å². The molecule has 0 aliphatic carbocycles. The fourth-order valence-corrected chi connectivity index (χ4v) is 3.01. The van der Waals surface area contributed by atoms with Crippen molar-refractivity contribution in [1.82, 2.24) is 14.7 Å². The van der Waals surface area contributed by atoms with Gasteiger partial charge in [0.05, 0.1) is 5.56 Å². The fourth-order valence-electron chi connectivity index (χ4n) is 3.01. The van der Waals surface area contributed by atoms with Gasteiger partial charge in [0.15, 0.2) is 0 Å². The summed E-state index contributed by atoms with van der Waals surface area (Å²) in [5.74, 6) is 0. The Kier molecular flexibility index (Phi) is 7.20. The van der Waals surface area contributed by atoms with E-state index in [1.165, 1.54) is 19.4 Å². The largest absolute Gasteiger partial charge is 0.303 e. The molecule has 0 saturated carbocycles. The molecule has 1 saturated heterocycles. The third-order valence-electron chi connectivity index (χ3n) is 4.23. The number of aromatic nitrogens is 2. The molecule has 1 aliphatic heterocycles. The van der Waals surface area contributed by atoms with E-state index in [-0.39, 0.29) is 30.4 Å². The highest BCUT2D eigenvalue weighted by Gasteiger charge is 2.20. The number of H-pyrrole nitrogens is 1. The molecule has 2 heterocycles. The van der Waals surface area contributed by atoms with E-state index in [4.69, 9.17) is 0 Å². The van der Waals surface area contributed by atoms with Gasteiger partial charge in [-0.1, -0.05) is 30.3 Å². The lowest BCUT2D eigenvalue weighted by molar-refractivity contribution is 0.283. The molecule has 1 unspecified atom stereocenters. The van der Waals surface area contributed by atoms with Gasteiger partial charge in [-0.25, -0.2) is 0 Å². The molecule has 0 bridgehead atoms. The average molecular weight is 344 g/mol. The van der Waals surface area contributed by atoms with Crippen LogP contribution in [0.2, 0.25) is 0 Å². The van der Waals surface area contributed by atoms with E-state index >= 15 is 0 Å². The number of aromatic amines is 1. The quantitative estimate of drug-likeness (QED) is 0.926. The van der Waals surface area contributed by atoms with Crippen LogP contribution in [0.25, 0.3) is 11.1 Å². The van der Waals surface area contributed by atoms with Crippen molar-refractivity contribution in [3.63, 3.8) is 0 Å². The van der Waals surface area contributed by atoms with Crippen molar-refractivity contribution in [3.05, 3.63) is 46.9 Å². The minimum atomic E-state index is -0.00373. The van der Waals surface area contributed by atoms with Gasteiger partial charge in [0.1, 0.15) is 0 Å². The van der Waals surface area contributed by atoms with Gasteiger partial charge in [-0.2, -0.15) is 0 Å². The highest BCUT2D eigenvalue weighted by Crippen LogP contribution is 2.19. The third-order valence-corrected chi connectivity index (χ3v) is 4.23. The molecule has 4 nitrogen and oxygen atoms in total. The molecule has 0 radical (unpaired) electrons. The van der Waals surface area contributed by atoms with E-state index in [0.717, 1.165) is 24.1 Å². The maximum absolute atomic E-state index is 12.0. The first-order valence-electron chi connectivity index (χ1n) is 7.29. The van der Waals surface area contributed by atoms with Crippen molar-refractivity contribution in [3.8, 4) is 11.1 Å². The van der Waals surface area contributed by atoms with Gasteiger partial charge in [-0.05, 0) is 38.4 Å². The summed E-state index contributed by atoms with van der Waals surface area (Å²) in [5.41, 5.74) is 1.73. The van der Waals surface area contributed by atoms with Crippen LogP contribution in [0.3, 0.4) is 0 Å². The number of nitrogens with one attached hydrogen (secondary N) is 1. The van der Waals surface area contributed by atoms with Gasteiger partial charge >= 0.3 is 0 Å². The predicted octanol–water partition coefficient (Wildman–Crippen LogP) is 3.17. The molecule has 1 aliphatic rings. The van der Waals surface area contributed by atoms with Gasteiger partial charge in [0.2, 0.25) is 0 Å². The minimum Gasteiger partial charge on any atom is -0.303 e. The topological polar surface area (TPSA) is 41.0 Å². The number of likely N-dealkylation sites (tertiary alicyclic amines) is 1. The number of rotatable bonds is 4. The third kappa shape index (κ3) is 4.15. The molecule has 0 amide bonds. The Bertz CT molecular complexity index is 624. The number of halogens is 2. The molecule has 3 rings (SSSR count). The highest BCUT2D eigenvalue weighted by atomic mass is 35.5. The molecule has 22 heavy (non-hydrogen) atoms. The molecule has 0 spiro atoms. The molecule has 1 aromatic carbocycles. The minimum absolute atomic E-state index is 0. The van der Waals surface area contributed by atoms with Gasteiger partial charge in [-0.15, -0.1) is 24.8 Å². The molecular weight excluding hydrogens is 321 g/mol. The van der Waals surface area contributed by atoms with E-state index < -0.39 is 0 Å². The molecular formula is C16H23Cl2N3O. The second-order valence-electron chi connectivity index (χ2n) is 5.61. The highest BCUT2D eigenvalue weighted by molar-refractivity contribution is 5.85. The lowest BCUT2D eigenvalue weighted by atomic mass is 10.1. The van der Waals surface area contributed by atoms with Crippen molar-refractivity contribution in [2.75, 3.05) is 13.6 Å². The Morgan fingerprint density at radius 2 is 1.95 bits per heavy atom. The first-order valence-corrected chi connectivity index (χ1v) is 7.29. The number of nitrogens with zero attached hydrogens (tertiary/aromatic N) is 2. The Morgan fingerprint density at radius 3 is 2.59 bits per heavy atom. The Balaban J connectivity index is 0.00000121. The smallest absolute Gasteiger partial charge is 0.271 e. The van der Waals surface area contributed by atoms with Crippen molar-refractivity contribution in [2.24, 2.45) is 0 Å². The fraction of sp³-hybridized carbons (Fsp3) is 0.438. The second kappa shape index (κ2) is 8.42. The number of aryl methyl sites for hydroxylation is 1. The zero-order valence-electron chi connectivity index (χ0n) is 12.7. The zero-order valence-corrected chi connectivity index (χ0v) is 14.3. The molecule has 1 N–H and O–H groups in total. The zero-order chi connectivity index (χ0) is 13.9. The van der Waals surface area contributed by atoms with Crippen LogP contribution < -0.4 is 5.56 Å². The number of hydrogen-bond donors (Lipinski definition) is 1. The van der Waals surface area contributed by atoms with E-state index in [1.807, 2.05) is 41.2 Å². The average Bonchev–Trinajstić information content (AvgIpc) is 3.03. The summed E-state index contributed by atoms with van der Waals surface area (Å²) < 4.78 is 1.93. The summed E-state index contributed by atoms with van der Waals surface area (Å²) in [5, 5.41) is 2.92. The summed E-state index contributed by atoms with van der Waals surface area (Å²) >= 11 is 0. The van der Waals surface area contributed by atoms with Crippen LogP contribution in [0.4, 0.5) is 0 Å². The van der Waals surface area contributed by atoms with E-state index in [1.54, 1.807) is 0 Å². The van der Waals surface area contributed by atoms with Crippen molar-refractivity contribution < 1.29 is 0 Å². The van der Waals surface area contributed by atoms with Crippen LogP contribution in [0.15, 0.2) is 41.3 Å². The first kappa shape index (κ1) is 18.8. The van der Waals surface area contributed by atoms with Crippen molar-refractivity contribution in [1.29, 1.82) is 0 Å². The molecule has 1 aromatic heterocycles. The standard InChI is InChI=1S/C16H21N3O.2ClH/c1-18-10-5-8-14(18)9-11-19-12-15(16(20)17-19)13-6-3-2-4-7-13;;/h2-4,6-7,12,14H,5,8-11H2,1H3,(H,17,20);2*1H. The van der Waals surface area contributed by atoms with Crippen LogP contribution in [-0.2, 0) is 6.54 Å². The van der Waals surface area contributed by atoms with Crippen LogP contribution in [-0.4, -0.2) is 34.3 Å². The van der Waals surface area contributed by atoms with E-state index in [9.17, 15) is 4.79 Å². The normalized spacial score (nSPS) is 17.8. The first-order chi connectivity index (χ1) is 9.74.